The Morgan fingerprint density at radius 3 is 2.82 bits per heavy atom. The van der Waals surface area contributed by atoms with Crippen LogP contribution in [-0.2, 0) is 4.74 Å². The third kappa shape index (κ3) is 2.34. The molecule has 5 nitrogen and oxygen atoms in total. The topological polar surface area (TPSA) is 57.7 Å². The van der Waals surface area contributed by atoms with Gasteiger partial charge in [0.2, 0.25) is 0 Å². The molecule has 22 heavy (non-hydrogen) atoms. The minimum absolute atomic E-state index is 0.00651. The SMILES string of the molecule is CCOC(=O)c1c(Cl)nc2cc3c(c(C)c2c1Cl)OCCO3. The van der Waals surface area contributed by atoms with Gasteiger partial charge in [-0.1, -0.05) is 23.2 Å². The average molecular weight is 342 g/mol. The number of carbonyl (C=O) groups is 1. The van der Waals surface area contributed by atoms with E-state index in [2.05, 4.69) is 4.98 Å². The molecule has 0 N–H and O–H groups in total. The van der Waals surface area contributed by atoms with Crippen LogP contribution in [-0.4, -0.2) is 30.8 Å². The first-order valence-corrected chi connectivity index (χ1v) is 7.55. The third-order valence-electron chi connectivity index (χ3n) is 3.39. The Bertz CT molecular complexity index is 776. The van der Waals surface area contributed by atoms with Gasteiger partial charge in [0, 0.05) is 17.0 Å². The minimum Gasteiger partial charge on any atom is -0.486 e. The van der Waals surface area contributed by atoms with E-state index in [0.29, 0.717) is 35.6 Å². The number of fused-ring (bicyclic) bond motifs is 2. The monoisotopic (exact) mass is 341 g/mol. The summed E-state index contributed by atoms with van der Waals surface area (Å²) in [6.45, 7) is 4.71. The molecule has 0 saturated carbocycles. The molecule has 0 fully saturated rings. The van der Waals surface area contributed by atoms with E-state index >= 15 is 0 Å². The van der Waals surface area contributed by atoms with Gasteiger partial charge in [0.05, 0.1) is 17.1 Å². The van der Waals surface area contributed by atoms with Crippen molar-refractivity contribution in [2.75, 3.05) is 19.8 Å². The van der Waals surface area contributed by atoms with Gasteiger partial charge in [-0.05, 0) is 13.8 Å². The molecule has 0 aliphatic carbocycles. The van der Waals surface area contributed by atoms with Crippen LogP contribution in [0.4, 0.5) is 0 Å². The lowest BCUT2D eigenvalue weighted by molar-refractivity contribution is 0.0526. The molecule has 116 valence electrons. The molecule has 0 spiro atoms. The van der Waals surface area contributed by atoms with Gasteiger partial charge in [-0.3, -0.25) is 0 Å². The van der Waals surface area contributed by atoms with Gasteiger partial charge in [-0.15, -0.1) is 0 Å². The van der Waals surface area contributed by atoms with Crippen molar-refractivity contribution in [3.05, 3.63) is 27.4 Å². The Balaban J connectivity index is 2.30. The molecule has 1 aliphatic heterocycles. The van der Waals surface area contributed by atoms with E-state index in [9.17, 15) is 4.79 Å². The molecule has 7 heteroatoms. The molecule has 0 atom stereocenters. The lowest BCUT2D eigenvalue weighted by atomic mass is 10.0. The van der Waals surface area contributed by atoms with Crippen molar-refractivity contribution in [3.63, 3.8) is 0 Å². The van der Waals surface area contributed by atoms with Gasteiger partial charge in [-0.25, -0.2) is 9.78 Å². The highest BCUT2D eigenvalue weighted by Gasteiger charge is 2.25. The van der Waals surface area contributed by atoms with Crippen LogP contribution in [0.15, 0.2) is 6.07 Å². The Hall–Kier alpha value is -1.72. The molecule has 0 radical (unpaired) electrons. The summed E-state index contributed by atoms with van der Waals surface area (Å²) in [6.07, 6.45) is 0. The number of rotatable bonds is 2. The Kier molecular flexibility index (Phi) is 4.02. The fourth-order valence-corrected chi connectivity index (χ4v) is 3.17. The van der Waals surface area contributed by atoms with Crippen LogP contribution in [0.3, 0.4) is 0 Å². The summed E-state index contributed by atoms with van der Waals surface area (Å²) in [7, 11) is 0. The van der Waals surface area contributed by atoms with Gasteiger partial charge < -0.3 is 14.2 Å². The average Bonchev–Trinajstić information content (AvgIpc) is 2.47. The number of hydrogen-bond acceptors (Lipinski definition) is 5. The molecule has 0 saturated heterocycles. The van der Waals surface area contributed by atoms with Crippen LogP contribution in [0.5, 0.6) is 11.5 Å². The third-order valence-corrected chi connectivity index (χ3v) is 4.05. The largest absolute Gasteiger partial charge is 0.486 e. The maximum atomic E-state index is 12.0. The molecule has 1 aliphatic rings. The van der Waals surface area contributed by atoms with E-state index in [0.717, 1.165) is 5.56 Å². The Morgan fingerprint density at radius 2 is 2.09 bits per heavy atom. The molecule has 0 bridgehead atoms. The second-order valence-electron chi connectivity index (χ2n) is 4.73. The predicted octanol–water partition coefficient (Wildman–Crippen LogP) is 3.80. The number of halogens is 2. The first-order valence-electron chi connectivity index (χ1n) is 6.79. The molecule has 2 heterocycles. The fraction of sp³-hybridized carbons (Fsp3) is 0.333. The van der Waals surface area contributed by atoms with E-state index < -0.39 is 5.97 Å². The van der Waals surface area contributed by atoms with Gasteiger partial charge in [0.15, 0.2) is 11.5 Å². The number of aryl methyl sites for hydroxylation is 1. The Morgan fingerprint density at radius 1 is 1.36 bits per heavy atom. The zero-order valence-electron chi connectivity index (χ0n) is 12.0. The molecular formula is C15H13Cl2NO4. The standard InChI is InChI=1S/C15H13Cl2NO4/c1-3-20-15(19)11-12(16)10-7(2)13-9(21-4-5-22-13)6-8(10)18-14(11)17/h6H,3-5H2,1-2H3. The number of hydrogen-bond donors (Lipinski definition) is 0. The highest BCUT2D eigenvalue weighted by atomic mass is 35.5. The lowest BCUT2D eigenvalue weighted by Crippen LogP contribution is -2.16. The van der Waals surface area contributed by atoms with E-state index in [1.54, 1.807) is 13.0 Å². The molecule has 2 aromatic rings. The molecule has 1 aromatic heterocycles. The summed E-state index contributed by atoms with van der Waals surface area (Å²) in [4.78, 5) is 16.3. The number of nitrogens with zero attached hydrogens (tertiary/aromatic N) is 1. The van der Waals surface area contributed by atoms with Crippen LogP contribution in [0.25, 0.3) is 10.9 Å². The maximum absolute atomic E-state index is 12.0. The lowest BCUT2D eigenvalue weighted by Gasteiger charge is -2.22. The highest BCUT2D eigenvalue weighted by molar-refractivity contribution is 6.42. The molecular weight excluding hydrogens is 329 g/mol. The van der Waals surface area contributed by atoms with Crippen LogP contribution < -0.4 is 9.47 Å². The number of carbonyl (C=O) groups excluding carboxylic acids is 1. The molecule has 3 rings (SSSR count). The molecule has 0 unspecified atom stereocenters. The molecule has 0 amide bonds. The first-order chi connectivity index (χ1) is 10.5. The summed E-state index contributed by atoms with van der Waals surface area (Å²) in [5, 5.41) is 0.827. The smallest absolute Gasteiger partial charge is 0.342 e. The van der Waals surface area contributed by atoms with E-state index in [4.69, 9.17) is 37.4 Å². The maximum Gasteiger partial charge on any atom is 0.342 e. The van der Waals surface area contributed by atoms with Gasteiger partial charge in [0.1, 0.15) is 23.9 Å². The van der Waals surface area contributed by atoms with Crippen molar-refractivity contribution < 1.29 is 19.0 Å². The first kappa shape index (κ1) is 15.2. The van der Waals surface area contributed by atoms with Gasteiger partial charge >= 0.3 is 5.97 Å². The van der Waals surface area contributed by atoms with Crippen molar-refractivity contribution in [3.8, 4) is 11.5 Å². The number of benzene rings is 1. The fourth-order valence-electron chi connectivity index (χ4n) is 2.45. The van der Waals surface area contributed by atoms with E-state index in [1.807, 2.05) is 6.92 Å². The zero-order valence-corrected chi connectivity index (χ0v) is 13.5. The van der Waals surface area contributed by atoms with Crippen LogP contribution in [0.2, 0.25) is 10.2 Å². The summed E-state index contributed by atoms with van der Waals surface area (Å²) in [5.74, 6) is 0.612. The van der Waals surface area contributed by atoms with Gasteiger partial charge in [-0.2, -0.15) is 0 Å². The zero-order chi connectivity index (χ0) is 15.9. The van der Waals surface area contributed by atoms with Crippen LogP contribution >= 0.6 is 23.2 Å². The summed E-state index contributed by atoms with van der Waals surface area (Å²) in [6, 6.07) is 1.71. The van der Waals surface area contributed by atoms with Crippen molar-refractivity contribution in [2.45, 2.75) is 13.8 Å². The van der Waals surface area contributed by atoms with E-state index in [-0.39, 0.29) is 22.3 Å². The van der Waals surface area contributed by atoms with Crippen molar-refractivity contribution >= 4 is 40.1 Å². The van der Waals surface area contributed by atoms with E-state index in [1.165, 1.54) is 0 Å². The number of pyridine rings is 1. The number of ether oxygens (including phenoxy) is 3. The highest BCUT2D eigenvalue weighted by Crippen LogP contribution is 2.42. The Labute approximate surface area is 137 Å². The quantitative estimate of drug-likeness (QED) is 0.614. The summed E-state index contributed by atoms with van der Waals surface area (Å²) < 4.78 is 16.2. The molecule has 1 aromatic carbocycles. The van der Waals surface area contributed by atoms with Crippen LogP contribution in [0.1, 0.15) is 22.8 Å². The minimum atomic E-state index is -0.596. The second-order valence-corrected chi connectivity index (χ2v) is 5.47. The van der Waals surface area contributed by atoms with Crippen LogP contribution in [0, 0.1) is 6.92 Å². The normalized spacial score (nSPS) is 13.3. The number of aromatic nitrogens is 1. The number of esters is 1. The van der Waals surface area contributed by atoms with Crippen molar-refractivity contribution in [1.82, 2.24) is 4.98 Å². The summed E-state index contributed by atoms with van der Waals surface area (Å²) in [5.41, 5.74) is 1.37. The van der Waals surface area contributed by atoms with Gasteiger partial charge in [0.25, 0.3) is 0 Å². The van der Waals surface area contributed by atoms with Crippen molar-refractivity contribution in [1.29, 1.82) is 0 Å². The predicted molar refractivity (Wildman–Crippen MR) is 83.4 cm³/mol. The summed E-state index contributed by atoms with van der Waals surface area (Å²) >= 11 is 12.5. The van der Waals surface area contributed by atoms with Crippen molar-refractivity contribution in [2.24, 2.45) is 0 Å². The second kappa shape index (κ2) is 5.82.